The van der Waals surface area contributed by atoms with E-state index >= 15 is 0 Å². The fourth-order valence-electron chi connectivity index (χ4n) is 2.54. The van der Waals surface area contributed by atoms with Crippen molar-refractivity contribution in [3.05, 3.63) is 62.5 Å². The molecule has 1 N–H and O–H groups in total. The molecule has 6 nitrogen and oxygen atoms in total. The van der Waals surface area contributed by atoms with Crippen molar-refractivity contribution in [3.8, 4) is 5.75 Å². The average Bonchev–Trinajstić information content (AvgIpc) is 2.93. The van der Waals surface area contributed by atoms with Crippen molar-refractivity contribution >= 4 is 63.8 Å². The maximum absolute atomic E-state index is 12.6. The predicted molar refractivity (Wildman–Crippen MR) is 116 cm³/mol. The number of nitrogens with zero attached hydrogens (tertiary/aromatic N) is 2. The number of likely N-dealkylation sites (N-methyl/N-ethyl adjacent to an activating group) is 1. The minimum absolute atomic E-state index is 0.169. The number of hydrogen-bond acceptors (Lipinski definition) is 5. The molecule has 2 aromatic rings. The summed E-state index contributed by atoms with van der Waals surface area (Å²) in [5.74, 6) is -0.811. The molecule has 150 valence electrons. The lowest BCUT2D eigenvalue weighted by Crippen LogP contribution is -2.23. The Morgan fingerprint density at radius 3 is 2.41 bits per heavy atom. The van der Waals surface area contributed by atoms with Gasteiger partial charge in [0, 0.05) is 7.05 Å². The molecule has 3 rings (SSSR count). The van der Waals surface area contributed by atoms with E-state index in [-0.39, 0.29) is 11.5 Å². The third-order valence-corrected chi connectivity index (χ3v) is 5.57. The molecule has 9 heteroatoms. The number of aromatic carboxylic acids is 1. The number of benzene rings is 2. The highest BCUT2D eigenvalue weighted by Crippen LogP contribution is 2.37. The molecule has 0 unspecified atom stereocenters. The summed E-state index contributed by atoms with van der Waals surface area (Å²) in [6, 6.07) is 9.46. The number of ether oxygens (including phenoxy) is 1. The maximum atomic E-state index is 12.6. The van der Waals surface area contributed by atoms with Gasteiger partial charge in [0.25, 0.3) is 5.91 Å². The van der Waals surface area contributed by atoms with Gasteiger partial charge in [-0.1, -0.05) is 23.2 Å². The van der Waals surface area contributed by atoms with Crippen LogP contribution < -0.4 is 4.74 Å². The van der Waals surface area contributed by atoms with E-state index in [9.17, 15) is 9.59 Å². The summed E-state index contributed by atoms with van der Waals surface area (Å²) < 4.78 is 5.42. The highest BCUT2D eigenvalue weighted by atomic mass is 35.5. The zero-order chi connectivity index (χ0) is 21.1. The molecule has 2 aromatic carbocycles. The summed E-state index contributed by atoms with van der Waals surface area (Å²) in [5.41, 5.74) is 1.38. The number of carbonyl (C=O) groups excluding carboxylic acids is 1. The monoisotopic (exact) mass is 450 g/mol. The van der Waals surface area contributed by atoms with Gasteiger partial charge in [-0.05, 0) is 66.7 Å². The van der Waals surface area contributed by atoms with E-state index in [4.69, 9.17) is 33.0 Å². The van der Waals surface area contributed by atoms with E-state index in [1.54, 1.807) is 37.4 Å². The number of aliphatic imine (C=N–C) groups is 1. The largest absolute Gasteiger partial charge is 0.491 e. The molecule has 1 fully saturated rings. The van der Waals surface area contributed by atoms with Crippen LogP contribution in [0.1, 0.15) is 22.8 Å². The minimum Gasteiger partial charge on any atom is -0.491 e. The van der Waals surface area contributed by atoms with Gasteiger partial charge in [0.05, 0.1) is 32.8 Å². The lowest BCUT2D eigenvalue weighted by Gasteiger charge is -2.09. The van der Waals surface area contributed by atoms with Gasteiger partial charge in [-0.2, -0.15) is 0 Å². The van der Waals surface area contributed by atoms with Gasteiger partial charge >= 0.3 is 5.97 Å². The van der Waals surface area contributed by atoms with Gasteiger partial charge in [0.2, 0.25) is 0 Å². The Hall–Kier alpha value is -2.48. The molecule has 0 atom stereocenters. The van der Waals surface area contributed by atoms with Crippen LogP contribution in [0.5, 0.6) is 5.75 Å². The third kappa shape index (κ3) is 4.75. The molecule has 0 aromatic heterocycles. The smallest absolute Gasteiger partial charge is 0.335 e. The van der Waals surface area contributed by atoms with Gasteiger partial charge in [0.1, 0.15) is 0 Å². The summed E-state index contributed by atoms with van der Waals surface area (Å²) >= 11 is 13.7. The Kier molecular flexibility index (Phi) is 6.52. The SMILES string of the molecule is CCOc1c(Cl)cc(C=C2SC(=Nc3ccc(C(=O)O)cc3)N(C)C2=O)cc1Cl. The van der Waals surface area contributed by atoms with Crippen LogP contribution in [0.4, 0.5) is 5.69 Å². The Balaban J connectivity index is 1.87. The summed E-state index contributed by atoms with van der Waals surface area (Å²) in [5, 5.41) is 10.2. The van der Waals surface area contributed by atoms with Crippen molar-refractivity contribution in [1.82, 2.24) is 4.90 Å². The zero-order valence-electron chi connectivity index (χ0n) is 15.5. The highest BCUT2D eigenvalue weighted by Gasteiger charge is 2.30. The van der Waals surface area contributed by atoms with E-state index in [0.29, 0.717) is 43.7 Å². The number of carbonyl (C=O) groups is 2. The lowest BCUT2D eigenvalue weighted by molar-refractivity contribution is -0.121. The number of amidine groups is 1. The van der Waals surface area contributed by atoms with Gasteiger partial charge in [-0.3, -0.25) is 9.69 Å². The zero-order valence-corrected chi connectivity index (χ0v) is 17.8. The molecular weight excluding hydrogens is 435 g/mol. The van der Waals surface area contributed by atoms with Gasteiger partial charge in [-0.25, -0.2) is 9.79 Å². The number of hydrogen-bond donors (Lipinski definition) is 1. The summed E-state index contributed by atoms with van der Waals surface area (Å²) in [4.78, 5) is 29.9. The summed E-state index contributed by atoms with van der Waals surface area (Å²) in [7, 11) is 1.62. The van der Waals surface area contributed by atoms with E-state index in [1.807, 2.05) is 6.92 Å². The molecule has 1 amide bonds. The van der Waals surface area contributed by atoms with Crippen LogP contribution in [-0.2, 0) is 4.79 Å². The highest BCUT2D eigenvalue weighted by molar-refractivity contribution is 8.18. The predicted octanol–water partition coefficient (Wildman–Crippen LogP) is 5.32. The lowest BCUT2D eigenvalue weighted by atomic mass is 10.2. The second-order valence-corrected chi connectivity index (χ2v) is 7.79. The van der Waals surface area contributed by atoms with Crippen molar-refractivity contribution in [2.24, 2.45) is 4.99 Å². The van der Waals surface area contributed by atoms with Crippen molar-refractivity contribution < 1.29 is 19.4 Å². The number of carboxylic acids is 1. The summed E-state index contributed by atoms with van der Waals surface area (Å²) in [6.45, 7) is 2.27. The number of carboxylic acid groups (broad SMARTS) is 1. The Morgan fingerprint density at radius 1 is 1.24 bits per heavy atom. The van der Waals surface area contributed by atoms with Gasteiger partial charge < -0.3 is 9.84 Å². The molecule has 0 bridgehead atoms. The number of rotatable bonds is 5. The molecule has 1 aliphatic rings. The molecule has 1 aliphatic heterocycles. The van der Waals surface area contributed by atoms with Gasteiger partial charge in [-0.15, -0.1) is 0 Å². The molecule has 0 radical (unpaired) electrons. The average molecular weight is 451 g/mol. The minimum atomic E-state index is -1.01. The van der Waals surface area contributed by atoms with Crippen molar-refractivity contribution in [3.63, 3.8) is 0 Å². The van der Waals surface area contributed by atoms with Crippen molar-refractivity contribution in [2.75, 3.05) is 13.7 Å². The second kappa shape index (κ2) is 8.90. The standard InChI is InChI=1S/C20H16Cl2N2O4S/c1-3-28-17-14(21)8-11(9-15(17)22)10-16-18(25)24(2)20(29-16)23-13-6-4-12(5-7-13)19(26)27/h4-10H,3H2,1-2H3,(H,26,27). The molecule has 1 heterocycles. The number of halogens is 2. The number of amides is 1. The first-order valence-electron chi connectivity index (χ1n) is 8.51. The first-order valence-corrected chi connectivity index (χ1v) is 10.1. The van der Waals surface area contributed by atoms with E-state index in [0.717, 1.165) is 0 Å². The van der Waals surface area contributed by atoms with Crippen LogP contribution in [0, 0.1) is 0 Å². The molecule has 0 saturated carbocycles. The van der Waals surface area contributed by atoms with Crippen molar-refractivity contribution in [2.45, 2.75) is 6.92 Å². The van der Waals surface area contributed by atoms with Crippen LogP contribution >= 0.6 is 35.0 Å². The first kappa shape index (κ1) is 21.2. The molecule has 0 spiro atoms. The number of thioether (sulfide) groups is 1. The van der Waals surface area contributed by atoms with E-state index < -0.39 is 5.97 Å². The quantitative estimate of drug-likeness (QED) is 0.623. The van der Waals surface area contributed by atoms with E-state index in [1.165, 1.54) is 28.8 Å². The molecule has 29 heavy (non-hydrogen) atoms. The maximum Gasteiger partial charge on any atom is 0.335 e. The van der Waals surface area contributed by atoms with Crippen LogP contribution in [0.2, 0.25) is 10.0 Å². The van der Waals surface area contributed by atoms with E-state index in [2.05, 4.69) is 4.99 Å². The van der Waals surface area contributed by atoms with Crippen LogP contribution in [0.25, 0.3) is 6.08 Å². The fraction of sp³-hybridized carbons (Fsp3) is 0.150. The Labute approximate surface area is 181 Å². The second-order valence-electron chi connectivity index (χ2n) is 5.97. The van der Waals surface area contributed by atoms with Crippen LogP contribution in [0.3, 0.4) is 0 Å². The Bertz CT molecular complexity index is 1010. The summed E-state index contributed by atoms with van der Waals surface area (Å²) in [6.07, 6.45) is 1.69. The van der Waals surface area contributed by atoms with Crippen molar-refractivity contribution in [1.29, 1.82) is 0 Å². The normalized spacial score (nSPS) is 16.7. The van der Waals surface area contributed by atoms with Gasteiger partial charge in [0.15, 0.2) is 10.9 Å². The molecule has 0 aliphatic carbocycles. The molecule has 1 saturated heterocycles. The third-order valence-electron chi connectivity index (χ3n) is 3.95. The molecular formula is C20H16Cl2N2O4S. The topological polar surface area (TPSA) is 79.2 Å². The Morgan fingerprint density at radius 2 is 1.86 bits per heavy atom. The van der Waals surface area contributed by atoms with Crippen LogP contribution in [-0.4, -0.2) is 40.7 Å². The fourth-order valence-corrected chi connectivity index (χ4v) is 4.14. The first-order chi connectivity index (χ1) is 13.8. The van der Waals surface area contributed by atoms with Crippen LogP contribution in [0.15, 0.2) is 46.3 Å².